The molecule has 0 aliphatic rings. The number of ketones is 1. The van der Waals surface area contributed by atoms with E-state index in [4.69, 9.17) is 4.74 Å². The van der Waals surface area contributed by atoms with Crippen molar-refractivity contribution in [2.24, 2.45) is 0 Å². The standard InChI is InChI=1S/C12H13NO5/c1-3-10(14)8-6-5-7-9(13(16)17)11(8)12(15)18-4-2/h5-7H,3-4H2,1-2H3. The number of ether oxygens (including phenoxy) is 1. The van der Waals surface area contributed by atoms with Crippen LogP contribution in [0.4, 0.5) is 5.69 Å². The fourth-order valence-electron chi connectivity index (χ4n) is 1.53. The molecule has 0 N–H and O–H groups in total. The molecule has 0 aliphatic carbocycles. The molecule has 6 heteroatoms. The van der Waals surface area contributed by atoms with Crippen molar-refractivity contribution in [1.82, 2.24) is 0 Å². The Balaban J connectivity index is 3.43. The number of carbonyl (C=O) groups excluding carboxylic acids is 2. The summed E-state index contributed by atoms with van der Waals surface area (Å²) >= 11 is 0. The van der Waals surface area contributed by atoms with Gasteiger partial charge in [0.25, 0.3) is 5.69 Å². The first-order valence-corrected chi connectivity index (χ1v) is 5.50. The Morgan fingerprint density at radius 1 is 1.33 bits per heavy atom. The summed E-state index contributed by atoms with van der Waals surface area (Å²) in [6.45, 7) is 3.30. The third kappa shape index (κ3) is 2.71. The molecule has 0 amide bonds. The molecule has 6 nitrogen and oxygen atoms in total. The van der Waals surface area contributed by atoms with Crippen LogP contribution in [0.5, 0.6) is 0 Å². The first-order valence-electron chi connectivity index (χ1n) is 5.50. The summed E-state index contributed by atoms with van der Waals surface area (Å²) in [6.07, 6.45) is 0.160. The molecule has 0 atom stereocenters. The van der Waals surface area contributed by atoms with E-state index in [1.165, 1.54) is 18.2 Å². The lowest BCUT2D eigenvalue weighted by Gasteiger charge is -2.07. The van der Waals surface area contributed by atoms with Crippen LogP contribution in [0.2, 0.25) is 0 Å². The molecular formula is C12H13NO5. The summed E-state index contributed by atoms with van der Waals surface area (Å²) in [6, 6.07) is 3.95. The van der Waals surface area contributed by atoms with E-state index in [9.17, 15) is 19.7 Å². The number of nitro groups is 1. The van der Waals surface area contributed by atoms with Crippen molar-refractivity contribution in [2.75, 3.05) is 6.61 Å². The normalized spacial score (nSPS) is 9.89. The van der Waals surface area contributed by atoms with Gasteiger partial charge in [0, 0.05) is 18.1 Å². The Hall–Kier alpha value is -2.24. The van der Waals surface area contributed by atoms with Gasteiger partial charge in [-0.1, -0.05) is 19.1 Å². The van der Waals surface area contributed by atoms with Crippen LogP contribution in [0.15, 0.2) is 18.2 Å². The third-order valence-corrected chi connectivity index (χ3v) is 2.34. The average molecular weight is 251 g/mol. The van der Waals surface area contributed by atoms with Crippen LogP contribution < -0.4 is 0 Å². The van der Waals surface area contributed by atoms with Gasteiger partial charge in [-0.3, -0.25) is 14.9 Å². The van der Waals surface area contributed by atoms with E-state index < -0.39 is 16.6 Å². The van der Waals surface area contributed by atoms with Gasteiger partial charge in [-0.15, -0.1) is 0 Å². The van der Waals surface area contributed by atoms with E-state index in [0.29, 0.717) is 0 Å². The number of hydrogen-bond donors (Lipinski definition) is 0. The monoisotopic (exact) mass is 251 g/mol. The van der Waals surface area contributed by atoms with Gasteiger partial charge >= 0.3 is 5.97 Å². The lowest BCUT2D eigenvalue weighted by atomic mass is 10.0. The number of Topliss-reactive ketones (excluding diaryl/α,β-unsaturated/α-hetero) is 1. The largest absolute Gasteiger partial charge is 0.462 e. The number of nitrogens with zero attached hydrogens (tertiary/aromatic N) is 1. The number of hydrogen-bond acceptors (Lipinski definition) is 5. The van der Waals surface area contributed by atoms with Gasteiger partial charge < -0.3 is 4.74 Å². The summed E-state index contributed by atoms with van der Waals surface area (Å²) < 4.78 is 4.76. The first kappa shape index (κ1) is 13.8. The highest BCUT2D eigenvalue weighted by Crippen LogP contribution is 2.24. The van der Waals surface area contributed by atoms with Crippen molar-refractivity contribution in [3.05, 3.63) is 39.4 Å². The minimum atomic E-state index is -0.846. The number of carbonyl (C=O) groups is 2. The summed E-state index contributed by atoms with van der Waals surface area (Å²) in [4.78, 5) is 33.6. The van der Waals surface area contributed by atoms with Crippen molar-refractivity contribution in [3.63, 3.8) is 0 Å². The van der Waals surface area contributed by atoms with E-state index >= 15 is 0 Å². The molecule has 1 aromatic rings. The van der Waals surface area contributed by atoms with Crippen LogP contribution in [0, 0.1) is 10.1 Å². The zero-order chi connectivity index (χ0) is 13.7. The topological polar surface area (TPSA) is 86.5 Å². The summed E-state index contributed by atoms with van der Waals surface area (Å²) in [5.74, 6) is -1.18. The molecule has 0 spiro atoms. The Bertz CT molecular complexity index is 495. The number of nitro benzene ring substituents is 1. The summed E-state index contributed by atoms with van der Waals surface area (Å²) in [5, 5.41) is 10.9. The molecule has 1 rings (SSSR count). The van der Waals surface area contributed by atoms with Gasteiger partial charge in [-0.05, 0) is 6.92 Å². The second-order valence-corrected chi connectivity index (χ2v) is 3.45. The predicted octanol–water partition coefficient (Wildman–Crippen LogP) is 2.36. The molecule has 0 bridgehead atoms. The first-order chi connectivity index (χ1) is 8.52. The van der Waals surface area contributed by atoms with Gasteiger partial charge in [-0.2, -0.15) is 0 Å². The Labute approximate surface area is 104 Å². The molecule has 0 unspecified atom stereocenters. The Morgan fingerprint density at radius 2 is 2.00 bits per heavy atom. The van der Waals surface area contributed by atoms with Crippen molar-refractivity contribution >= 4 is 17.4 Å². The fraction of sp³-hybridized carbons (Fsp3) is 0.333. The maximum atomic E-state index is 11.7. The second-order valence-electron chi connectivity index (χ2n) is 3.45. The second kappa shape index (κ2) is 5.90. The van der Waals surface area contributed by atoms with Crippen LogP contribution in [0.1, 0.15) is 41.0 Å². The molecule has 96 valence electrons. The van der Waals surface area contributed by atoms with Gasteiger partial charge in [0.15, 0.2) is 5.78 Å². The zero-order valence-electron chi connectivity index (χ0n) is 10.1. The van der Waals surface area contributed by atoms with Crippen LogP contribution in [-0.2, 0) is 4.74 Å². The van der Waals surface area contributed by atoms with Crippen LogP contribution in [0.25, 0.3) is 0 Å². The smallest absolute Gasteiger partial charge is 0.345 e. The molecule has 18 heavy (non-hydrogen) atoms. The number of rotatable bonds is 5. The zero-order valence-corrected chi connectivity index (χ0v) is 10.1. The maximum absolute atomic E-state index is 11.7. The predicted molar refractivity (Wildman–Crippen MR) is 63.7 cm³/mol. The quantitative estimate of drug-likeness (QED) is 0.347. The number of benzene rings is 1. The van der Waals surface area contributed by atoms with Gasteiger partial charge in [0.05, 0.1) is 11.5 Å². The minimum absolute atomic E-state index is 0.0325. The van der Waals surface area contributed by atoms with Crippen LogP contribution >= 0.6 is 0 Å². The van der Waals surface area contributed by atoms with E-state index in [2.05, 4.69) is 0 Å². The van der Waals surface area contributed by atoms with Gasteiger partial charge in [0.2, 0.25) is 0 Å². The Morgan fingerprint density at radius 3 is 2.50 bits per heavy atom. The third-order valence-electron chi connectivity index (χ3n) is 2.34. The fourth-order valence-corrected chi connectivity index (χ4v) is 1.53. The van der Waals surface area contributed by atoms with E-state index in [0.717, 1.165) is 0 Å². The van der Waals surface area contributed by atoms with E-state index in [-0.39, 0.29) is 29.9 Å². The molecule has 0 aliphatic heterocycles. The van der Waals surface area contributed by atoms with Crippen molar-refractivity contribution in [2.45, 2.75) is 20.3 Å². The highest BCUT2D eigenvalue weighted by Gasteiger charge is 2.27. The van der Waals surface area contributed by atoms with Crippen LogP contribution in [-0.4, -0.2) is 23.3 Å². The molecule has 0 saturated carbocycles. The molecule has 0 radical (unpaired) electrons. The highest BCUT2D eigenvalue weighted by molar-refractivity contribution is 6.08. The van der Waals surface area contributed by atoms with E-state index in [1.807, 2.05) is 0 Å². The average Bonchev–Trinajstić information content (AvgIpc) is 2.37. The maximum Gasteiger partial charge on any atom is 0.345 e. The summed E-state index contributed by atoms with van der Waals surface area (Å²) in [5.41, 5.74) is -0.644. The lowest BCUT2D eigenvalue weighted by molar-refractivity contribution is -0.385. The molecule has 0 aromatic heterocycles. The van der Waals surface area contributed by atoms with Crippen molar-refractivity contribution in [1.29, 1.82) is 0 Å². The highest BCUT2D eigenvalue weighted by atomic mass is 16.6. The molecule has 0 fully saturated rings. The lowest BCUT2D eigenvalue weighted by Crippen LogP contribution is -2.14. The molecule has 1 aromatic carbocycles. The van der Waals surface area contributed by atoms with Crippen LogP contribution in [0.3, 0.4) is 0 Å². The summed E-state index contributed by atoms with van der Waals surface area (Å²) in [7, 11) is 0. The van der Waals surface area contributed by atoms with Crippen molar-refractivity contribution < 1.29 is 19.2 Å². The number of esters is 1. The van der Waals surface area contributed by atoms with Crippen molar-refractivity contribution in [3.8, 4) is 0 Å². The minimum Gasteiger partial charge on any atom is -0.462 e. The van der Waals surface area contributed by atoms with E-state index in [1.54, 1.807) is 13.8 Å². The SMILES string of the molecule is CCOC(=O)c1c(C(=O)CC)cccc1[N+](=O)[O-]. The molecule has 0 saturated heterocycles. The molecule has 0 heterocycles. The van der Waals surface area contributed by atoms with Gasteiger partial charge in [0.1, 0.15) is 5.56 Å². The Kier molecular flexibility index (Phi) is 4.53. The molecular weight excluding hydrogens is 238 g/mol. The van der Waals surface area contributed by atoms with Gasteiger partial charge in [-0.25, -0.2) is 4.79 Å².